The standard InChI is InChI=1S/C13H23N3S/c1-11-15-13(10-17-11)9-16(2)8-7-14-12-5-3-4-6-12/h10,12,14H,3-9H2,1-2H3. The van der Waals surface area contributed by atoms with E-state index in [2.05, 4.69) is 34.6 Å². The predicted octanol–water partition coefficient (Wildman–Crippen LogP) is 2.42. The Balaban J connectivity index is 1.61. The van der Waals surface area contributed by atoms with Gasteiger partial charge in [-0.25, -0.2) is 4.98 Å². The second kappa shape index (κ2) is 6.47. The summed E-state index contributed by atoms with van der Waals surface area (Å²) >= 11 is 1.74. The van der Waals surface area contributed by atoms with Crippen LogP contribution in [0.4, 0.5) is 0 Å². The summed E-state index contributed by atoms with van der Waals surface area (Å²) in [7, 11) is 2.17. The van der Waals surface area contributed by atoms with Crippen LogP contribution in [0.25, 0.3) is 0 Å². The minimum Gasteiger partial charge on any atom is -0.313 e. The third-order valence-electron chi connectivity index (χ3n) is 3.38. The van der Waals surface area contributed by atoms with Crippen LogP contribution in [-0.4, -0.2) is 36.1 Å². The quantitative estimate of drug-likeness (QED) is 0.844. The van der Waals surface area contributed by atoms with E-state index in [1.807, 2.05) is 0 Å². The van der Waals surface area contributed by atoms with Gasteiger partial charge in [0.05, 0.1) is 10.7 Å². The fraction of sp³-hybridized carbons (Fsp3) is 0.769. The maximum Gasteiger partial charge on any atom is 0.0897 e. The first kappa shape index (κ1) is 13.0. The Morgan fingerprint density at radius 3 is 2.88 bits per heavy atom. The SMILES string of the molecule is Cc1nc(CN(C)CCNC2CCCC2)cs1. The molecule has 2 rings (SSSR count). The number of rotatable bonds is 6. The molecule has 1 aliphatic carbocycles. The minimum absolute atomic E-state index is 0.782. The molecule has 96 valence electrons. The summed E-state index contributed by atoms with van der Waals surface area (Å²) in [6, 6.07) is 0.782. The second-order valence-electron chi connectivity index (χ2n) is 5.03. The smallest absolute Gasteiger partial charge is 0.0897 e. The molecule has 1 fully saturated rings. The van der Waals surface area contributed by atoms with Gasteiger partial charge in [-0.3, -0.25) is 4.90 Å². The number of aromatic nitrogens is 1. The van der Waals surface area contributed by atoms with Gasteiger partial charge >= 0.3 is 0 Å². The first-order chi connectivity index (χ1) is 8.24. The van der Waals surface area contributed by atoms with E-state index in [1.165, 1.54) is 31.4 Å². The molecular weight excluding hydrogens is 230 g/mol. The van der Waals surface area contributed by atoms with Gasteiger partial charge < -0.3 is 5.32 Å². The molecule has 0 radical (unpaired) electrons. The Bertz CT molecular complexity index is 331. The van der Waals surface area contributed by atoms with Crippen molar-refractivity contribution in [2.75, 3.05) is 20.1 Å². The fourth-order valence-electron chi connectivity index (χ4n) is 2.43. The summed E-state index contributed by atoms with van der Waals surface area (Å²) in [5.41, 5.74) is 1.20. The maximum atomic E-state index is 4.49. The molecular formula is C13H23N3S. The van der Waals surface area contributed by atoms with Crippen molar-refractivity contribution in [2.45, 2.75) is 45.2 Å². The van der Waals surface area contributed by atoms with Crippen molar-refractivity contribution in [3.8, 4) is 0 Å². The molecule has 1 heterocycles. The largest absolute Gasteiger partial charge is 0.313 e. The molecule has 0 aliphatic heterocycles. The van der Waals surface area contributed by atoms with Gasteiger partial charge in [-0.05, 0) is 26.8 Å². The normalized spacial score (nSPS) is 17.1. The average Bonchev–Trinajstić information content (AvgIpc) is 2.90. The molecule has 0 atom stereocenters. The minimum atomic E-state index is 0.782. The lowest BCUT2D eigenvalue weighted by Gasteiger charge is -2.18. The second-order valence-corrected chi connectivity index (χ2v) is 6.09. The molecule has 0 unspecified atom stereocenters. The zero-order valence-electron chi connectivity index (χ0n) is 10.9. The van der Waals surface area contributed by atoms with E-state index in [0.717, 1.165) is 30.7 Å². The third-order valence-corrected chi connectivity index (χ3v) is 4.20. The van der Waals surface area contributed by atoms with Gasteiger partial charge in [0.1, 0.15) is 0 Å². The zero-order valence-corrected chi connectivity index (χ0v) is 11.7. The van der Waals surface area contributed by atoms with E-state index in [-0.39, 0.29) is 0 Å². The molecule has 1 aromatic rings. The number of hydrogen-bond donors (Lipinski definition) is 1. The third kappa shape index (κ3) is 4.37. The topological polar surface area (TPSA) is 28.2 Å². The highest BCUT2D eigenvalue weighted by Crippen LogP contribution is 2.17. The van der Waals surface area contributed by atoms with Crippen molar-refractivity contribution in [2.24, 2.45) is 0 Å². The lowest BCUT2D eigenvalue weighted by atomic mass is 10.2. The summed E-state index contributed by atoms with van der Waals surface area (Å²) in [5, 5.41) is 6.97. The average molecular weight is 253 g/mol. The van der Waals surface area contributed by atoms with Gasteiger partial charge in [0.15, 0.2) is 0 Å². The van der Waals surface area contributed by atoms with Crippen molar-refractivity contribution < 1.29 is 0 Å². The van der Waals surface area contributed by atoms with Crippen LogP contribution in [0.2, 0.25) is 0 Å². The zero-order chi connectivity index (χ0) is 12.1. The Kier molecular flexibility index (Phi) is 4.95. The molecule has 1 saturated carbocycles. The van der Waals surface area contributed by atoms with Gasteiger partial charge in [0, 0.05) is 31.1 Å². The first-order valence-electron chi connectivity index (χ1n) is 6.57. The number of nitrogens with one attached hydrogen (secondary N) is 1. The number of thiazole rings is 1. The van der Waals surface area contributed by atoms with Crippen LogP contribution in [0.1, 0.15) is 36.4 Å². The lowest BCUT2D eigenvalue weighted by Crippen LogP contribution is -2.34. The van der Waals surface area contributed by atoms with E-state index in [1.54, 1.807) is 11.3 Å². The van der Waals surface area contributed by atoms with Crippen molar-refractivity contribution in [1.82, 2.24) is 15.2 Å². The molecule has 1 aromatic heterocycles. The molecule has 0 amide bonds. The predicted molar refractivity (Wildman–Crippen MR) is 73.4 cm³/mol. The Morgan fingerprint density at radius 2 is 2.24 bits per heavy atom. The van der Waals surface area contributed by atoms with Crippen molar-refractivity contribution in [1.29, 1.82) is 0 Å². The number of likely N-dealkylation sites (N-methyl/N-ethyl adjacent to an activating group) is 1. The van der Waals surface area contributed by atoms with Crippen molar-refractivity contribution >= 4 is 11.3 Å². The van der Waals surface area contributed by atoms with Crippen LogP contribution in [0.3, 0.4) is 0 Å². The summed E-state index contributed by atoms with van der Waals surface area (Å²) in [6.45, 7) is 5.24. The number of hydrogen-bond acceptors (Lipinski definition) is 4. The monoisotopic (exact) mass is 253 g/mol. The van der Waals surface area contributed by atoms with Gasteiger partial charge in [-0.2, -0.15) is 0 Å². The highest BCUT2D eigenvalue weighted by Gasteiger charge is 2.13. The van der Waals surface area contributed by atoms with Crippen LogP contribution in [0.5, 0.6) is 0 Å². The Labute approximate surface area is 108 Å². The molecule has 3 nitrogen and oxygen atoms in total. The number of aryl methyl sites for hydroxylation is 1. The van der Waals surface area contributed by atoms with Crippen LogP contribution < -0.4 is 5.32 Å². The van der Waals surface area contributed by atoms with Gasteiger partial charge in [-0.1, -0.05) is 12.8 Å². The van der Waals surface area contributed by atoms with Crippen molar-refractivity contribution in [3.63, 3.8) is 0 Å². The summed E-state index contributed by atoms with van der Waals surface area (Å²) in [4.78, 5) is 6.84. The lowest BCUT2D eigenvalue weighted by molar-refractivity contribution is 0.313. The molecule has 4 heteroatoms. The molecule has 1 aliphatic rings. The molecule has 0 saturated heterocycles. The van der Waals surface area contributed by atoms with E-state index >= 15 is 0 Å². The van der Waals surface area contributed by atoms with E-state index < -0.39 is 0 Å². The van der Waals surface area contributed by atoms with Crippen LogP contribution in [-0.2, 0) is 6.54 Å². The van der Waals surface area contributed by atoms with Gasteiger partial charge in [-0.15, -0.1) is 11.3 Å². The molecule has 17 heavy (non-hydrogen) atoms. The molecule has 1 N–H and O–H groups in total. The molecule has 0 spiro atoms. The first-order valence-corrected chi connectivity index (χ1v) is 7.45. The summed E-state index contributed by atoms with van der Waals surface area (Å²) in [5.74, 6) is 0. The summed E-state index contributed by atoms with van der Waals surface area (Å²) in [6.07, 6.45) is 5.56. The van der Waals surface area contributed by atoms with Gasteiger partial charge in [0.25, 0.3) is 0 Å². The Hall–Kier alpha value is -0.450. The number of nitrogens with zero attached hydrogens (tertiary/aromatic N) is 2. The van der Waals surface area contributed by atoms with E-state index in [4.69, 9.17) is 0 Å². The van der Waals surface area contributed by atoms with Gasteiger partial charge in [0.2, 0.25) is 0 Å². The van der Waals surface area contributed by atoms with E-state index in [0.29, 0.717) is 0 Å². The van der Waals surface area contributed by atoms with E-state index in [9.17, 15) is 0 Å². The Morgan fingerprint density at radius 1 is 1.47 bits per heavy atom. The fourth-order valence-corrected chi connectivity index (χ4v) is 3.03. The summed E-state index contributed by atoms with van der Waals surface area (Å²) < 4.78 is 0. The highest BCUT2D eigenvalue weighted by atomic mass is 32.1. The molecule has 0 aromatic carbocycles. The van der Waals surface area contributed by atoms with Crippen molar-refractivity contribution in [3.05, 3.63) is 16.1 Å². The van der Waals surface area contributed by atoms with Crippen LogP contribution in [0, 0.1) is 6.92 Å². The maximum absolute atomic E-state index is 4.49. The van der Waals surface area contributed by atoms with Crippen LogP contribution in [0.15, 0.2) is 5.38 Å². The van der Waals surface area contributed by atoms with Crippen LogP contribution >= 0.6 is 11.3 Å². The molecule has 0 bridgehead atoms. The highest BCUT2D eigenvalue weighted by molar-refractivity contribution is 7.09.